The van der Waals surface area contributed by atoms with E-state index in [-0.39, 0.29) is 5.41 Å². The molecule has 6 aromatic rings. The highest BCUT2D eigenvalue weighted by atomic mass is 15.0. The lowest BCUT2D eigenvalue weighted by Crippen LogP contribution is -2.23. The summed E-state index contributed by atoms with van der Waals surface area (Å²) in [6, 6.07) is 32.7. The number of rotatable bonds is 4. The van der Waals surface area contributed by atoms with Crippen LogP contribution in [0.15, 0.2) is 103 Å². The maximum absolute atomic E-state index is 4.85. The second-order valence-electron chi connectivity index (χ2n) is 9.69. The molecule has 1 aliphatic rings. The second-order valence-corrected chi connectivity index (χ2v) is 9.69. The molecule has 3 heterocycles. The summed E-state index contributed by atoms with van der Waals surface area (Å²) in [7, 11) is 0. The van der Waals surface area contributed by atoms with Crippen molar-refractivity contribution in [3.8, 4) is 28.1 Å². The molecule has 0 spiro atoms. The lowest BCUT2D eigenvalue weighted by Gasteiger charge is -2.30. The SMILES string of the molecule is CCC1(CC)c2ccccc2-c2c(-c3ccccn3)cc(-n3c4ccccc4c4cccnc43)cc21. The number of aromatic nitrogens is 3. The van der Waals surface area contributed by atoms with Gasteiger partial charge in [0.1, 0.15) is 5.65 Å². The Kier molecular flexibility index (Phi) is 4.62. The van der Waals surface area contributed by atoms with Gasteiger partial charge in [0.05, 0.1) is 11.2 Å². The quantitative estimate of drug-likeness (QED) is 0.262. The van der Waals surface area contributed by atoms with Crippen LogP contribution in [0.3, 0.4) is 0 Å². The second kappa shape index (κ2) is 7.89. The third kappa shape index (κ3) is 2.74. The molecule has 0 fully saturated rings. The van der Waals surface area contributed by atoms with Crippen molar-refractivity contribution in [3.05, 3.63) is 115 Å². The summed E-state index contributed by atoms with van der Waals surface area (Å²) in [6.45, 7) is 4.65. The van der Waals surface area contributed by atoms with E-state index in [2.05, 4.69) is 97.3 Å². The van der Waals surface area contributed by atoms with Crippen molar-refractivity contribution >= 4 is 21.9 Å². The van der Waals surface area contributed by atoms with Gasteiger partial charge in [-0.1, -0.05) is 62.4 Å². The third-order valence-electron chi connectivity index (χ3n) is 8.19. The molecule has 36 heavy (non-hydrogen) atoms. The zero-order valence-electron chi connectivity index (χ0n) is 20.6. The van der Waals surface area contributed by atoms with E-state index in [4.69, 9.17) is 9.97 Å². The maximum Gasteiger partial charge on any atom is 0.145 e. The first-order valence-electron chi connectivity index (χ1n) is 12.8. The molecule has 0 saturated heterocycles. The number of hydrogen-bond acceptors (Lipinski definition) is 2. The largest absolute Gasteiger partial charge is 0.294 e. The summed E-state index contributed by atoms with van der Waals surface area (Å²) in [5.74, 6) is 0. The van der Waals surface area contributed by atoms with E-state index in [1.165, 1.54) is 44.1 Å². The number of hydrogen-bond donors (Lipinski definition) is 0. The van der Waals surface area contributed by atoms with Crippen LogP contribution in [0.1, 0.15) is 37.8 Å². The summed E-state index contributed by atoms with van der Waals surface area (Å²) >= 11 is 0. The summed E-state index contributed by atoms with van der Waals surface area (Å²) in [5, 5.41) is 2.40. The number of benzene rings is 3. The highest BCUT2D eigenvalue weighted by molar-refractivity contribution is 6.08. The molecule has 0 saturated carbocycles. The zero-order valence-corrected chi connectivity index (χ0v) is 20.6. The minimum Gasteiger partial charge on any atom is -0.294 e. The van der Waals surface area contributed by atoms with E-state index in [0.717, 1.165) is 29.9 Å². The normalized spacial score (nSPS) is 13.7. The van der Waals surface area contributed by atoms with Crippen molar-refractivity contribution in [2.75, 3.05) is 0 Å². The fraction of sp³-hybridized carbons (Fsp3) is 0.152. The Morgan fingerprint density at radius 3 is 2.25 bits per heavy atom. The summed E-state index contributed by atoms with van der Waals surface area (Å²) in [4.78, 5) is 9.68. The van der Waals surface area contributed by atoms with Gasteiger partial charge < -0.3 is 0 Å². The molecule has 3 nitrogen and oxygen atoms in total. The van der Waals surface area contributed by atoms with Gasteiger partial charge in [0.25, 0.3) is 0 Å². The van der Waals surface area contributed by atoms with Gasteiger partial charge in [-0.05, 0) is 77.6 Å². The van der Waals surface area contributed by atoms with Gasteiger partial charge in [0.15, 0.2) is 0 Å². The molecule has 0 amide bonds. The minimum absolute atomic E-state index is 0.0301. The molecule has 3 aromatic heterocycles. The first kappa shape index (κ1) is 21.1. The predicted octanol–water partition coefficient (Wildman–Crippen LogP) is 8.33. The van der Waals surface area contributed by atoms with Crippen molar-refractivity contribution in [1.82, 2.24) is 14.5 Å². The van der Waals surface area contributed by atoms with Crippen molar-refractivity contribution < 1.29 is 0 Å². The smallest absolute Gasteiger partial charge is 0.145 e. The van der Waals surface area contributed by atoms with Gasteiger partial charge in [0, 0.05) is 39.8 Å². The van der Waals surface area contributed by atoms with E-state index >= 15 is 0 Å². The molecule has 7 rings (SSSR count). The Labute approximate surface area is 211 Å². The molecule has 0 atom stereocenters. The molecule has 174 valence electrons. The van der Waals surface area contributed by atoms with Gasteiger partial charge in [-0.2, -0.15) is 0 Å². The summed E-state index contributed by atoms with van der Waals surface area (Å²) in [6.07, 6.45) is 5.88. The standard InChI is InChI=1S/C33H27N3/c1-3-33(4-2)27-15-7-5-13-25(27)31-26(29-16-9-10-18-34-29)20-22(21-28(31)33)36-30-17-8-6-12-23(30)24-14-11-19-35-32(24)36/h5-21H,3-4H2,1-2H3. The number of pyridine rings is 2. The molecule has 0 bridgehead atoms. The van der Waals surface area contributed by atoms with Gasteiger partial charge in [-0.3, -0.25) is 9.55 Å². The van der Waals surface area contributed by atoms with Gasteiger partial charge >= 0.3 is 0 Å². The third-order valence-corrected chi connectivity index (χ3v) is 8.19. The van der Waals surface area contributed by atoms with Gasteiger partial charge in [0.2, 0.25) is 0 Å². The minimum atomic E-state index is -0.0301. The fourth-order valence-corrected chi connectivity index (χ4v) is 6.48. The maximum atomic E-state index is 4.85. The molecular weight excluding hydrogens is 438 g/mol. The molecule has 0 N–H and O–H groups in total. The monoisotopic (exact) mass is 465 g/mol. The first-order chi connectivity index (χ1) is 17.8. The van der Waals surface area contributed by atoms with E-state index in [9.17, 15) is 0 Å². The van der Waals surface area contributed by atoms with E-state index in [1.807, 2.05) is 24.5 Å². The van der Waals surface area contributed by atoms with Gasteiger partial charge in [-0.15, -0.1) is 0 Å². The van der Waals surface area contributed by atoms with Crippen LogP contribution in [0.25, 0.3) is 50.0 Å². The van der Waals surface area contributed by atoms with Crippen LogP contribution in [-0.2, 0) is 5.41 Å². The average Bonchev–Trinajstić information content (AvgIpc) is 3.43. The van der Waals surface area contributed by atoms with Crippen LogP contribution in [0.2, 0.25) is 0 Å². The van der Waals surface area contributed by atoms with Crippen molar-refractivity contribution in [2.45, 2.75) is 32.1 Å². The van der Waals surface area contributed by atoms with Crippen molar-refractivity contribution in [3.63, 3.8) is 0 Å². The van der Waals surface area contributed by atoms with Crippen LogP contribution in [0, 0.1) is 0 Å². The Bertz CT molecular complexity index is 1700. The summed E-state index contributed by atoms with van der Waals surface area (Å²) in [5.41, 5.74) is 10.9. The molecule has 1 aliphatic carbocycles. The Hall–Kier alpha value is -4.24. The zero-order chi connectivity index (χ0) is 24.3. The van der Waals surface area contributed by atoms with Crippen LogP contribution in [-0.4, -0.2) is 14.5 Å². The molecular formula is C33H27N3. The van der Waals surface area contributed by atoms with E-state index in [1.54, 1.807) is 0 Å². The molecule has 3 heteroatoms. The van der Waals surface area contributed by atoms with Crippen LogP contribution in [0.5, 0.6) is 0 Å². The molecule has 0 aliphatic heterocycles. The number of nitrogens with zero attached hydrogens (tertiary/aromatic N) is 3. The highest BCUT2D eigenvalue weighted by Gasteiger charge is 2.42. The predicted molar refractivity (Wildman–Crippen MR) is 149 cm³/mol. The van der Waals surface area contributed by atoms with Crippen LogP contribution < -0.4 is 0 Å². The number of para-hydroxylation sites is 1. The van der Waals surface area contributed by atoms with E-state index in [0.29, 0.717) is 0 Å². The van der Waals surface area contributed by atoms with E-state index < -0.39 is 0 Å². The fourth-order valence-electron chi connectivity index (χ4n) is 6.48. The van der Waals surface area contributed by atoms with Crippen molar-refractivity contribution in [2.24, 2.45) is 0 Å². The Morgan fingerprint density at radius 2 is 1.42 bits per heavy atom. The average molecular weight is 466 g/mol. The molecule has 0 radical (unpaired) electrons. The summed E-state index contributed by atoms with van der Waals surface area (Å²) < 4.78 is 2.33. The lowest BCUT2D eigenvalue weighted by atomic mass is 9.73. The van der Waals surface area contributed by atoms with Crippen molar-refractivity contribution in [1.29, 1.82) is 0 Å². The highest BCUT2D eigenvalue weighted by Crippen LogP contribution is 2.56. The lowest BCUT2D eigenvalue weighted by molar-refractivity contribution is 0.490. The van der Waals surface area contributed by atoms with Crippen LogP contribution in [0.4, 0.5) is 0 Å². The first-order valence-corrected chi connectivity index (χ1v) is 12.8. The molecule has 0 unspecified atom stereocenters. The Morgan fingerprint density at radius 1 is 0.667 bits per heavy atom. The topological polar surface area (TPSA) is 30.7 Å². The van der Waals surface area contributed by atoms with Gasteiger partial charge in [-0.25, -0.2) is 4.98 Å². The number of fused-ring (bicyclic) bond motifs is 6. The molecule has 3 aromatic carbocycles. The van der Waals surface area contributed by atoms with Crippen LogP contribution >= 0.6 is 0 Å². The Balaban J connectivity index is 1.64.